The fourth-order valence-electron chi connectivity index (χ4n) is 1.98. The largest absolute Gasteiger partial charge is 0.495 e. The quantitative estimate of drug-likeness (QED) is 0.687. The fourth-order valence-corrected chi connectivity index (χ4v) is 3.48. The predicted molar refractivity (Wildman–Crippen MR) is 87.8 cm³/mol. The summed E-state index contributed by atoms with van der Waals surface area (Å²) in [4.78, 5) is 12.0. The van der Waals surface area contributed by atoms with Gasteiger partial charge >= 0.3 is 0 Å². The van der Waals surface area contributed by atoms with Gasteiger partial charge in [0.15, 0.2) is 0 Å². The van der Waals surface area contributed by atoms with Crippen molar-refractivity contribution in [2.75, 3.05) is 12.4 Å². The van der Waals surface area contributed by atoms with Crippen molar-refractivity contribution >= 4 is 21.6 Å². The summed E-state index contributed by atoms with van der Waals surface area (Å²) in [7, 11) is -2.29. The van der Waals surface area contributed by atoms with Gasteiger partial charge in [-0.1, -0.05) is 13.8 Å². The number of anilines is 1. The highest BCUT2D eigenvalue weighted by Crippen LogP contribution is 2.29. The Morgan fingerprint density at radius 2 is 2.00 bits per heavy atom. The van der Waals surface area contributed by atoms with E-state index in [0.29, 0.717) is 5.69 Å². The minimum absolute atomic E-state index is 0.00261. The van der Waals surface area contributed by atoms with E-state index in [1.807, 2.05) is 13.8 Å². The molecule has 1 amide bonds. The van der Waals surface area contributed by atoms with Gasteiger partial charge < -0.3 is 15.8 Å². The maximum atomic E-state index is 12.4. The summed E-state index contributed by atoms with van der Waals surface area (Å²) in [5, 5.41) is 2.64. The van der Waals surface area contributed by atoms with Gasteiger partial charge in [-0.3, -0.25) is 4.79 Å². The molecular formula is C15H23N3O4S. The number of carbonyl (C=O) groups is 1. The zero-order valence-electron chi connectivity index (χ0n) is 13.5. The Balaban J connectivity index is 2.26. The molecule has 0 spiro atoms. The van der Waals surface area contributed by atoms with Crippen molar-refractivity contribution in [2.45, 2.75) is 43.7 Å². The van der Waals surface area contributed by atoms with E-state index in [-0.39, 0.29) is 28.5 Å². The summed E-state index contributed by atoms with van der Waals surface area (Å²) in [6.07, 6.45) is 1.67. The van der Waals surface area contributed by atoms with Crippen LogP contribution in [0.15, 0.2) is 23.1 Å². The monoisotopic (exact) mass is 341 g/mol. The highest BCUT2D eigenvalue weighted by Gasteiger charge is 2.30. The predicted octanol–water partition coefficient (Wildman–Crippen LogP) is 1.06. The highest BCUT2D eigenvalue weighted by molar-refractivity contribution is 7.89. The second-order valence-corrected chi connectivity index (χ2v) is 7.70. The SMILES string of the molecule is COc1ccc(NC(=O)[C@@H](N)C(C)C)cc1S(=O)(=O)NC1CC1. The number of hydrogen-bond acceptors (Lipinski definition) is 5. The van der Waals surface area contributed by atoms with Gasteiger partial charge in [0, 0.05) is 11.7 Å². The normalized spacial score (nSPS) is 16.2. The summed E-state index contributed by atoms with van der Waals surface area (Å²) in [5.74, 6) is -0.152. The van der Waals surface area contributed by atoms with Crippen molar-refractivity contribution in [3.8, 4) is 5.75 Å². The van der Waals surface area contributed by atoms with Crippen LogP contribution in [-0.4, -0.2) is 33.5 Å². The van der Waals surface area contributed by atoms with Crippen LogP contribution in [-0.2, 0) is 14.8 Å². The van der Waals surface area contributed by atoms with Crippen LogP contribution in [0.2, 0.25) is 0 Å². The minimum Gasteiger partial charge on any atom is -0.495 e. The third kappa shape index (κ3) is 4.43. The number of rotatable bonds is 7. The molecule has 1 atom stereocenters. The average molecular weight is 341 g/mol. The summed E-state index contributed by atoms with van der Waals surface area (Å²) >= 11 is 0. The first-order chi connectivity index (χ1) is 10.7. The van der Waals surface area contributed by atoms with Crippen LogP contribution in [0.1, 0.15) is 26.7 Å². The van der Waals surface area contributed by atoms with Crippen LogP contribution in [0.4, 0.5) is 5.69 Å². The molecule has 0 heterocycles. The van der Waals surface area contributed by atoms with Crippen molar-refractivity contribution in [1.29, 1.82) is 0 Å². The molecule has 7 nitrogen and oxygen atoms in total. The number of methoxy groups -OCH3 is 1. The Morgan fingerprint density at radius 1 is 1.35 bits per heavy atom. The lowest BCUT2D eigenvalue weighted by Gasteiger charge is -2.17. The van der Waals surface area contributed by atoms with Crippen molar-refractivity contribution in [3.63, 3.8) is 0 Å². The van der Waals surface area contributed by atoms with Crippen molar-refractivity contribution in [2.24, 2.45) is 11.7 Å². The third-order valence-electron chi connectivity index (χ3n) is 3.64. The van der Waals surface area contributed by atoms with E-state index in [4.69, 9.17) is 10.5 Å². The first-order valence-electron chi connectivity index (χ1n) is 7.51. The fraction of sp³-hybridized carbons (Fsp3) is 0.533. The molecule has 1 aromatic rings. The van der Waals surface area contributed by atoms with Crippen LogP contribution in [0, 0.1) is 5.92 Å². The minimum atomic E-state index is -3.69. The molecule has 0 aromatic heterocycles. The molecule has 0 saturated heterocycles. The van der Waals surface area contributed by atoms with Crippen molar-refractivity contribution < 1.29 is 17.9 Å². The summed E-state index contributed by atoms with van der Waals surface area (Å²) in [5.41, 5.74) is 6.16. The maximum Gasteiger partial charge on any atom is 0.244 e. The Morgan fingerprint density at radius 3 is 2.52 bits per heavy atom. The molecule has 0 bridgehead atoms. The molecule has 8 heteroatoms. The number of nitrogens with one attached hydrogen (secondary N) is 2. The topological polar surface area (TPSA) is 111 Å². The van der Waals surface area contributed by atoms with Crippen LogP contribution < -0.4 is 20.5 Å². The molecule has 4 N–H and O–H groups in total. The molecule has 0 unspecified atom stereocenters. The van der Waals surface area contributed by atoms with Gasteiger partial charge in [0.05, 0.1) is 13.2 Å². The molecule has 1 aliphatic carbocycles. The van der Waals surface area contributed by atoms with Crippen LogP contribution in [0.3, 0.4) is 0 Å². The highest BCUT2D eigenvalue weighted by atomic mass is 32.2. The van der Waals surface area contributed by atoms with E-state index in [2.05, 4.69) is 10.0 Å². The van der Waals surface area contributed by atoms with Gasteiger partial charge in [-0.15, -0.1) is 0 Å². The molecule has 1 aliphatic rings. The van der Waals surface area contributed by atoms with E-state index in [9.17, 15) is 13.2 Å². The van der Waals surface area contributed by atoms with Crippen molar-refractivity contribution in [3.05, 3.63) is 18.2 Å². The van der Waals surface area contributed by atoms with Crippen LogP contribution in [0.25, 0.3) is 0 Å². The molecule has 128 valence electrons. The van der Waals surface area contributed by atoms with Crippen LogP contribution >= 0.6 is 0 Å². The van der Waals surface area contributed by atoms with Crippen molar-refractivity contribution in [1.82, 2.24) is 4.72 Å². The number of carbonyl (C=O) groups excluding carboxylic acids is 1. The third-order valence-corrected chi connectivity index (χ3v) is 5.18. The summed E-state index contributed by atoms with van der Waals surface area (Å²) in [6.45, 7) is 3.68. The van der Waals surface area contributed by atoms with Gasteiger partial charge in [-0.2, -0.15) is 0 Å². The number of sulfonamides is 1. The lowest BCUT2D eigenvalue weighted by Crippen LogP contribution is -2.39. The number of hydrogen-bond donors (Lipinski definition) is 3. The number of amides is 1. The molecule has 1 fully saturated rings. The van der Waals surface area contributed by atoms with Gasteiger partial charge in [0.25, 0.3) is 0 Å². The standard InChI is InChI=1S/C15H23N3O4S/c1-9(2)14(16)15(19)17-11-6-7-12(22-3)13(8-11)23(20,21)18-10-4-5-10/h6-10,14,18H,4-5,16H2,1-3H3,(H,17,19)/t14-/m0/s1. The first-order valence-corrected chi connectivity index (χ1v) is 8.99. The number of ether oxygens (including phenoxy) is 1. The lowest BCUT2D eigenvalue weighted by molar-refractivity contribution is -0.118. The number of benzene rings is 1. The van der Waals surface area contributed by atoms with E-state index < -0.39 is 16.1 Å². The Bertz CT molecular complexity index is 684. The van der Waals surface area contributed by atoms with Gasteiger partial charge in [0.2, 0.25) is 15.9 Å². The molecular weight excluding hydrogens is 318 g/mol. The molecule has 1 aromatic carbocycles. The molecule has 1 saturated carbocycles. The Hall–Kier alpha value is -1.64. The zero-order chi connectivity index (χ0) is 17.2. The summed E-state index contributed by atoms with van der Waals surface area (Å²) in [6, 6.07) is 3.80. The second kappa shape index (κ2) is 6.86. The van der Waals surface area contributed by atoms with E-state index in [0.717, 1.165) is 12.8 Å². The van der Waals surface area contributed by atoms with E-state index in [1.165, 1.54) is 19.2 Å². The molecule has 0 radical (unpaired) electrons. The zero-order valence-corrected chi connectivity index (χ0v) is 14.3. The molecule has 0 aliphatic heterocycles. The van der Waals surface area contributed by atoms with E-state index >= 15 is 0 Å². The van der Waals surface area contributed by atoms with Gasteiger partial charge in [-0.25, -0.2) is 13.1 Å². The van der Waals surface area contributed by atoms with Gasteiger partial charge in [-0.05, 0) is 37.0 Å². The van der Waals surface area contributed by atoms with Gasteiger partial charge in [0.1, 0.15) is 10.6 Å². The maximum absolute atomic E-state index is 12.4. The molecule has 2 rings (SSSR count). The molecule has 23 heavy (non-hydrogen) atoms. The van der Waals surface area contributed by atoms with E-state index in [1.54, 1.807) is 6.07 Å². The second-order valence-electron chi connectivity index (χ2n) is 6.02. The average Bonchev–Trinajstić information content (AvgIpc) is 3.29. The Labute approximate surface area is 136 Å². The lowest BCUT2D eigenvalue weighted by atomic mass is 10.0. The summed E-state index contributed by atoms with van der Waals surface area (Å²) < 4.78 is 32.5. The first kappa shape index (κ1) is 17.7. The smallest absolute Gasteiger partial charge is 0.244 e. The number of nitrogens with two attached hydrogens (primary N) is 1. The van der Waals surface area contributed by atoms with Crippen LogP contribution in [0.5, 0.6) is 5.75 Å². The Kier molecular flexibility index (Phi) is 5.28.